The molecule has 0 aliphatic heterocycles. The van der Waals surface area contributed by atoms with E-state index in [0.29, 0.717) is 17.9 Å². The maximum atomic E-state index is 12.0. The number of carbonyl (C=O) groups excluding carboxylic acids is 1. The van der Waals surface area contributed by atoms with Crippen LogP contribution >= 0.6 is 12.4 Å². The minimum Gasteiger partial charge on any atom is -0.466 e. The molecule has 0 saturated heterocycles. The first kappa shape index (κ1) is 15.0. The molecule has 1 aromatic rings. The van der Waals surface area contributed by atoms with Crippen LogP contribution in [0.15, 0.2) is 10.5 Å². The van der Waals surface area contributed by atoms with Crippen LogP contribution in [-0.4, -0.2) is 30.4 Å². The summed E-state index contributed by atoms with van der Waals surface area (Å²) in [6.45, 7) is 6.00. The van der Waals surface area contributed by atoms with Gasteiger partial charge in [-0.2, -0.15) is 0 Å². The summed E-state index contributed by atoms with van der Waals surface area (Å²) in [4.78, 5) is 13.6. The van der Waals surface area contributed by atoms with Gasteiger partial charge in [-0.1, -0.05) is 0 Å². The molecule has 4 nitrogen and oxygen atoms in total. The number of furan rings is 1. The quantitative estimate of drug-likeness (QED) is 0.884. The Labute approximate surface area is 102 Å². The Kier molecular flexibility index (Phi) is 5.55. The molecular formula is C11H19ClN2O2. The van der Waals surface area contributed by atoms with Crippen LogP contribution in [0.5, 0.6) is 0 Å². The zero-order valence-corrected chi connectivity index (χ0v) is 10.9. The van der Waals surface area contributed by atoms with E-state index >= 15 is 0 Å². The predicted molar refractivity (Wildman–Crippen MR) is 66.0 cm³/mol. The largest absolute Gasteiger partial charge is 0.466 e. The normalized spacial score (nSPS) is 11.8. The molecule has 2 N–H and O–H groups in total. The van der Waals surface area contributed by atoms with E-state index in [1.54, 1.807) is 24.9 Å². The van der Waals surface area contributed by atoms with Gasteiger partial charge >= 0.3 is 0 Å². The minimum atomic E-state index is -0.0395. The lowest BCUT2D eigenvalue weighted by Crippen LogP contribution is -2.39. The number of halogens is 1. The number of aryl methyl sites for hydroxylation is 2. The van der Waals surface area contributed by atoms with Gasteiger partial charge < -0.3 is 15.1 Å². The Hall–Kier alpha value is -1.000. The first-order valence-electron chi connectivity index (χ1n) is 5.01. The molecule has 1 aromatic heterocycles. The molecule has 5 heteroatoms. The average molecular weight is 247 g/mol. The predicted octanol–water partition coefficient (Wildman–Crippen LogP) is 1.74. The third-order valence-electron chi connectivity index (χ3n) is 2.59. The smallest absolute Gasteiger partial charge is 0.257 e. The topological polar surface area (TPSA) is 59.5 Å². The number of amides is 1. The summed E-state index contributed by atoms with van der Waals surface area (Å²) in [6, 6.07) is 1.80. The van der Waals surface area contributed by atoms with Crippen LogP contribution in [0.4, 0.5) is 0 Å². The summed E-state index contributed by atoms with van der Waals surface area (Å²) in [5, 5.41) is 0. The van der Waals surface area contributed by atoms with Gasteiger partial charge in [-0.05, 0) is 26.8 Å². The molecule has 1 heterocycles. The van der Waals surface area contributed by atoms with E-state index < -0.39 is 0 Å². The Morgan fingerprint density at radius 2 is 2.12 bits per heavy atom. The van der Waals surface area contributed by atoms with Crippen molar-refractivity contribution in [2.24, 2.45) is 5.73 Å². The zero-order valence-electron chi connectivity index (χ0n) is 10.1. The van der Waals surface area contributed by atoms with Crippen molar-refractivity contribution in [1.29, 1.82) is 0 Å². The molecule has 1 rings (SSSR count). The first-order chi connectivity index (χ1) is 6.97. The molecule has 0 aliphatic rings. The Bertz CT molecular complexity index is 363. The Balaban J connectivity index is 0.00000225. The molecule has 16 heavy (non-hydrogen) atoms. The highest BCUT2D eigenvalue weighted by Crippen LogP contribution is 2.16. The molecular weight excluding hydrogens is 228 g/mol. The van der Waals surface area contributed by atoms with Crippen LogP contribution in [0.3, 0.4) is 0 Å². The van der Waals surface area contributed by atoms with Gasteiger partial charge in [0.15, 0.2) is 0 Å². The summed E-state index contributed by atoms with van der Waals surface area (Å²) in [7, 11) is 1.75. The maximum absolute atomic E-state index is 12.0. The van der Waals surface area contributed by atoms with Gasteiger partial charge in [0, 0.05) is 19.6 Å². The minimum absolute atomic E-state index is 0. The van der Waals surface area contributed by atoms with Crippen LogP contribution < -0.4 is 5.73 Å². The van der Waals surface area contributed by atoms with Gasteiger partial charge in [-0.3, -0.25) is 4.79 Å². The highest BCUT2D eigenvalue weighted by atomic mass is 35.5. The monoisotopic (exact) mass is 246 g/mol. The lowest BCUT2D eigenvalue weighted by Gasteiger charge is -2.23. The van der Waals surface area contributed by atoms with Gasteiger partial charge in [-0.25, -0.2) is 0 Å². The molecule has 0 spiro atoms. The summed E-state index contributed by atoms with van der Waals surface area (Å²) >= 11 is 0. The van der Waals surface area contributed by atoms with Gasteiger partial charge in [0.25, 0.3) is 5.91 Å². The van der Waals surface area contributed by atoms with Crippen molar-refractivity contribution < 1.29 is 9.21 Å². The molecule has 0 aliphatic carbocycles. The molecule has 0 fully saturated rings. The molecule has 0 aromatic carbocycles. The van der Waals surface area contributed by atoms with Gasteiger partial charge in [-0.15, -0.1) is 12.4 Å². The molecule has 0 radical (unpaired) electrons. The van der Waals surface area contributed by atoms with E-state index in [0.717, 1.165) is 5.76 Å². The fraction of sp³-hybridized carbons (Fsp3) is 0.545. The first-order valence-corrected chi connectivity index (χ1v) is 5.01. The van der Waals surface area contributed by atoms with Crippen LogP contribution in [-0.2, 0) is 0 Å². The van der Waals surface area contributed by atoms with E-state index in [1.807, 2.05) is 13.8 Å². The standard InChI is InChI=1S/C11H18N2O2.ClH/c1-7(6-12)13(4)11(14)10-5-8(2)15-9(10)3;/h5,7H,6,12H2,1-4H3;1H. The van der Waals surface area contributed by atoms with Gasteiger partial charge in [0.05, 0.1) is 5.56 Å². The van der Waals surface area contributed by atoms with Crippen molar-refractivity contribution in [3.05, 3.63) is 23.2 Å². The zero-order chi connectivity index (χ0) is 11.6. The average Bonchev–Trinajstić information content (AvgIpc) is 2.54. The van der Waals surface area contributed by atoms with Crippen molar-refractivity contribution in [2.75, 3.05) is 13.6 Å². The molecule has 1 atom stereocenters. The molecule has 1 unspecified atom stereocenters. The van der Waals surface area contributed by atoms with Crippen molar-refractivity contribution in [1.82, 2.24) is 4.90 Å². The van der Waals surface area contributed by atoms with E-state index in [4.69, 9.17) is 10.2 Å². The van der Waals surface area contributed by atoms with E-state index in [-0.39, 0.29) is 24.4 Å². The molecule has 0 bridgehead atoms. The summed E-state index contributed by atoms with van der Waals surface area (Å²) in [5.74, 6) is 1.38. The number of nitrogens with zero attached hydrogens (tertiary/aromatic N) is 1. The third kappa shape index (κ3) is 3.00. The molecule has 1 amide bonds. The second kappa shape index (κ2) is 5.92. The number of nitrogens with two attached hydrogens (primary N) is 1. The fourth-order valence-electron chi connectivity index (χ4n) is 1.39. The molecule has 0 saturated carbocycles. The van der Waals surface area contributed by atoms with E-state index in [1.165, 1.54) is 0 Å². The summed E-state index contributed by atoms with van der Waals surface area (Å²) in [5.41, 5.74) is 6.14. The lowest BCUT2D eigenvalue weighted by molar-refractivity contribution is 0.0746. The summed E-state index contributed by atoms with van der Waals surface area (Å²) < 4.78 is 5.32. The number of hydrogen-bond acceptors (Lipinski definition) is 3. The van der Waals surface area contributed by atoms with E-state index in [9.17, 15) is 4.79 Å². The number of likely N-dealkylation sites (N-methyl/N-ethyl adjacent to an activating group) is 1. The Morgan fingerprint density at radius 3 is 2.50 bits per heavy atom. The van der Waals surface area contributed by atoms with Crippen LogP contribution in [0, 0.1) is 13.8 Å². The van der Waals surface area contributed by atoms with Gasteiger partial charge in [0.1, 0.15) is 11.5 Å². The SMILES string of the molecule is Cc1cc(C(=O)N(C)C(C)CN)c(C)o1.Cl. The number of carbonyl (C=O) groups is 1. The van der Waals surface area contributed by atoms with Gasteiger partial charge in [0.2, 0.25) is 0 Å². The molecule has 92 valence electrons. The number of hydrogen-bond donors (Lipinski definition) is 1. The highest BCUT2D eigenvalue weighted by Gasteiger charge is 2.20. The lowest BCUT2D eigenvalue weighted by atomic mass is 10.2. The summed E-state index contributed by atoms with van der Waals surface area (Å²) in [6.07, 6.45) is 0. The van der Waals surface area contributed by atoms with Crippen molar-refractivity contribution in [2.45, 2.75) is 26.8 Å². The van der Waals surface area contributed by atoms with Crippen molar-refractivity contribution >= 4 is 18.3 Å². The fourth-order valence-corrected chi connectivity index (χ4v) is 1.39. The van der Waals surface area contributed by atoms with Crippen LogP contribution in [0.25, 0.3) is 0 Å². The highest BCUT2D eigenvalue weighted by molar-refractivity contribution is 5.95. The van der Waals surface area contributed by atoms with Crippen LogP contribution in [0.1, 0.15) is 28.8 Å². The van der Waals surface area contributed by atoms with Crippen molar-refractivity contribution in [3.63, 3.8) is 0 Å². The second-order valence-electron chi connectivity index (χ2n) is 3.83. The second-order valence-corrected chi connectivity index (χ2v) is 3.83. The number of rotatable bonds is 3. The van der Waals surface area contributed by atoms with Crippen molar-refractivity contribution in [3.8, 4) is 0 Å². The maximum Gasteiger partial charge on any atom is 0.257 e. The van der Waals surface area contributed by atoms with E-state index in [2.05, 4.69) is 0 Å². The van der Waals surface area contributed by atoms with Crippen LogP contribution in [0.2, 0.25) is 0 Å². The Morgan fingerprint density at radius 1 is 1.56 bits per heavy atom. The third-order valence-corrected chi connectivity index (χ3v) is 2.59.